The van der Waals surface area contributed by atoms with Gasteiger partial charge in [-0.25, -0.2) is 15.0 Å². The zero-order valence-corrected chi connectivity index (χ0v) is 24.3. The summed E-state index contributed by atoms with van der Waals surface area (Å²) in [6.07, 6.45) is 4.48. The average molecular weight is 559 g/mol. The largest absolute Gasteiger partial charge is 0.496 e. The van der Waals surface area contributed by atoms with E-state index in [1.54, 1.807) is 13.3 Å². The number of benzene rings is 3. The van der Waals surface area contributed by atoms with Crippen LogP contribution in [0.4, 0.5) is 11.6 Å². The number of para-hydroxylation sites is 1. The number of fused-ring (bicyclic) bond motifs is 1. The van der Waals surface area contributed by atoms with Crippen LogP contribution in [0.3, 0.4) is 0 Å². The van der Waals surface area contributed by atoms with E-state index in [4.69, 9.17) is 19.8 Å². The van der Waals surface area contributed by atoms with Crippen molar-refractivity contribution in [3.63, 3.8) is 0 Å². The second-order valence-electron chi connectivity index (χ2n) is 10.5. The van der Waals surface area contributed by atoms with Gasteiger partial charge in [0.05, 0.1) is 23.8 Å². The lowest BCUT2D eigenvalue weighted by atomic mass is 10.1. The van der Waals surface area contributed by atoms with Crippen molar-refractivity contribution in [3.05, 3.63) is 102 Å². The molecule has 3 aromatic heterocycles. The highest BCUT2D eigenvalue weighted by Crippen LogP contribution is 2.32. The second kappa shape index (κ2) is 11.8. The van der Waals surface area contributed by atoms with Gasteiger partial charge >= 0.3 is 0 Å². The van der Waals surface area contributed by atoms with Crippen LogP contribution in [0, 0.1) is 0 Å². The van der Waals surface area contributed by atoms with Crippen molar-refractivity contribution in [2.75, 3.05) is 26.5 Å². The number of H-pyrrole nitrogens is 1. The van der Waals surface area contributed by atoms with Gasteiger partial charge in [-0.2, -0.15) is 5.10 Å². The highest BCUT2D eigenvalue weighted by Gasteiger charge is 2.17. The predicted molar refractivity (Wildman–Crippen MR) is 167 cm³/mol. The molecule has 42 heavy (non-hydrogen) atoms. The molecular weight excluding hydrogens is 524 g/mol. The molecule has 0 aliphatic carbocycles. The number of anilines is 2. The van der Waals surface area contributed by atoms with Gasteiger partial charge in [-0.1, -0.05) is 36.4 Å². The summed E-state index contributed by atoms with van der Waals surface area (Å²) in [6, 6.07) is 24.5. The number of methoxy groups -OCH3 is 1. The molecule has 3 aromatic carbocycles. The summed E-state index contributed by atoms with van der Waals surface area (Å²) in [4.78, 5) is 19.8. The lowest BCUT2D eigenvalue weighted by molar-refractivity contribution is 0.402. The molecule has 6 aromatic rings. The minimum atomic E-state index is 0.537. The number of nitrogens with one attached hydrogen (secondary N) is 2. The van der Waals surface area contributed by atoms with Crippen LogP contribution in [0.25, 0.3) is 33.5 Å². The van der Waals surface area contributed by atoms with Crippen LogP contribution in [-0.4, -0.2) is 55.8 Å². The van der Waals surface area contributed by atoms with Gasteiger partial charge in [-0.3, -0.25) is 4.68 Å². The van der Waals surface area contributed by atoms with Crippen LogP contribution >= 0.6 is 0 Å². The average Bonchev–Trinajstić information content (AvgIpc) is 3.61. The SMILES string of the molecule is CCn1cc(-c2ccnc(Nc3cccc(CN(C)C)c3)n2)c(-c2ccc3nc(Cc4ccccc4OC)[nH]c3c2)n1. The van der Waals surface area contributed by atoms with E-state index in [9.17, 15) is 0 Å². The topological polar surface area (TPSA) is 96.8 Å². The highest BCUT2D eigenvalue weighted by molar-refractivity contribution is 5.86. The van der Waals surface area contributed by atoms with Crippen LogP contribution in [0.15, 0.2) is 85.2 Å². The Hall–Kier alpha value is -5.02. The molecule has 2 N–H and O–H groups in total. The molecule has 9 nitrogen and oxygen atoms in total. The lowest BCUT2D eigenvalue weighted by Gasteiger charge is -2.11. The number of hydrogen-bond donors (Lipinski definition) is 2. The first kappa shape index (κ1) is 27.2. The molecule has 0 amide bonds. The van der Waals surface area contributed by atoms with Gasteiger partial charge in [0.15, 0.2) is 0 Å². The zero-order valence-electron chi connectivity index (χ0n) is 24.3. The maximum atomic E-state index is 5.53. The van der Waals surface area contributed by atoms with E-state index in [1.807, 2.05) is 53.3 Å². The van der Waals surface area contributed by atoms with Crippen molar-refractivity contribution in [1.29, 1.82) is 0 Å². The van der Waals surface area contributed by atoms with Crippen LogP contribution in [0.5, 0.6) is 5.75 Å². The number of imidazole rings is 1. The molecule has 0 saturated heterocycles. The first-order valence-corrected chi connectivity index (χ1v) is 14.0. The number of ether oxygens (including phenoxy) is 1. The summed E-state index contributed by atoms with van der Waals surface area (Å²) in [5.74, 6) is 2.27. The zero-order chi connectivity index (χ0) is 29.1. The molecule has 0 saturated carbocycles. The van der Waals surface area contributed by atoms with Gasteiger partial charge in [-0.05, 0) is 63.0 Å². The van der Waals surface area contributed by atoms with Crippen molar-refractivity contribution in [1.82, 2.24) is 34.6 Å². The Balaban J connectivity index is 1.30. The summed E-state index contributed by atoms with van der Waals surface area (Å²) in [5.41, 5.74) is 8.70. The van der Waals surface area contributed by atoms with E-state index < -0.39 is 0 Å². The third-order valence-electron chi connectivity index (χ3n) is 7.05. The number of aryl methyl sites for hydroxylation is 1. The van der Waals surface area contributed by atoms with Crippen LogP contribution in [0.1, 0.15) is 23.9 Å². The summed E-state index contributed by atoms with van der Waals surface area (Å²) in [5, 5.41) is 8.29. The summed E-state index contributed by atoms with van der Waals surface area (Å²) in [7, 11) is 5.81. The fourth-order valence-corrected chi connectivity index (χ4v) is 5.12. The van der Waals surface area contributed by atoms with Crippen LogP contribution in [0.2, 0.25) is 0 Å². The van der Waals surface area contributed by atoms with Crippen molar-refractivity contribution in [3.8, 4) is 28.3 Å². The summed E-state index contributed by atoms with van der Waals surface area (Å²) < 4.78 is 7.47. The van der Waals surface area contributed by atoms with E-state index >= 15 is 0 Å². The fraction of sp³-hybridized carbons (Fsp3) is 0.212. The number of aromatic amines is 1. The predicted octanol–water partition coefficient (Wildman–Crippen LogP) is 6.31. The molecule has 0 atom stereocenters. The Labute approximate surface area is 245 Å². The van der Waals surface area contributed by atoms with Crippen molar-refractivity contribution in [2.24, 2.45) is 0 Å². The van der Waals surface area contributed by atoms with E-state index in [2.05, 4.69) is 71.5 Å². The van der Waals surface area contributed by atoms with Gasteiger partial charge in [0.2, 0.25) is 5.95 Å². The van der Waals surface area contributed by atoms with Gasteiger partial charge in [0, 0.05) is 54.3 Å². The van der Waals surface area contributed by atoms with Crippen molar-refractivity contribution >= 4 is 22.7 Å². The molecule has 6 rings (SSSR count). The molecule has 0 fully saturated rings. The second-order valence-corrected chi connectivity index (χ2v) is 10.5. The molecule has 0 aliphatic rings. The molecule has 0 spiro atoms. The summed E-state index contributed by atoms with van der Waals surface area (Å²) >= 11 is 0. The first-order chi connectivity index (χ1) is 20.5. The van der Waals surface area contributed by atoms with E-state index in [1.165, 1.54) is 5.56 Å². The van der Waals surface area contributed by atoms with E-state index in [0.717, 1.165) is 69.5 Å². The molecule has 3 heterocycles. The Kier molecular flexibility index (Phi) is 7.66. The van der Waals surface area contributed by atoms with E-state index in [0.29, 0.717) is 12.4 Å². The van der Waals surface area contributed by atoms with Gasteiger partial charge in [0.1, 0.15) is 17.3 Å². The molecule has 0 aliphatic heterocycles. The van der Waals surface area contributed by atoms with Crippen molar-refractivity contribution in [2.45, 2.75) is 26.4 Å². The molecule has 0 bridgehead atoms. The normalized spacial score (nSPS) is 11.4. The molecular formula is C33H34N8O. The maximum Gasteiger partial charge on any atom is 0.227 e. The number of rotatable bonds is 10. The smallest absolute Gasteiger partial charge is 0.227 e. The minimum absolute atomic E-state index is 0.537. The summed E-state index contributed by atoms with van der Waals surface area (Å²) in [6.45, 7) is 3.69. The fourth-order valence-electron chi connectivity index (χ4n) is 5.12. The maximum absolute atomic E-state index is 5.53. The number of nitrogens with zero attached hydrogens (tertiary/aromatic N) is 6. The van der Waals surface area contributed by atoms with Crippen LogP contribution in [-0.2, 0) is 19.5 Å². The van der Waals surface area contributed by atoms with Gasteiger partial charge in [-0.15, -0.1) is 0 Å². The highest BCUT2D eigenvalue weighted by atomic mass is 16.5. The van der Waals surface area contributed by atoms with Gasteiger partial charge < -0.3 is 19.9 Å². The Bertz CT molecular complexity index is 1840. The van der Waals surface area contributed by atoms with E-state index in [-0.39, 0.29) is 0 Å². The Morgan fingerprint density at radius 2 is 1.86 bits per heavy atom. The Morgan fingerprint density at radius 1 is 0.976 bits per heavy atom. The van der Waals surface area contributed by atoms with Gasteiger partial charge in [0.25, 0.3) is 0 Å². The quantitative estimate of drug-likeness (QED) is 0.203. The van der Waals surface area contributed by atoms with Crippen LogP contribution < -0.4 is 10.1 Å². The standard InChI is InChI=1S/C33H34N8O/c1-5-41-21-26(27-15-16-34-33(38-27)35-25-11-8-9-22(17-25)20-40(2)3)32(39-41)24-13-14-28-29(18-24)37-31(36-28)19-23-10-6-7-12-30(23)42-4/h6-18,21H,5,19-20H2,1-4H3,(H,36,37)(H,34,35,38). The molecule has 0 radical (unpaired) electrons. The third-order valence-corrected chi connectivity index (χ3v) is 7.05. The third kappa shape index (κ3) is 5.87. The number of aromatic nitrogens is 6. The molecule has 9 heteroatoms. The van der Waals surface area contributed by atoms with Crippen molar-refractivity contribution < 1.29 is 4.74 Å². The lowest BCUT2D eigenvalue weighted by Crippen LogP contribution is -2.10. The molecule has 212 valence electrons. The monoisotopic (exact) mass is 558 g/mol. The molecule has 0 unspecified atom stereocenters. The number of hydrogen-bond acceptors (Lipinski definition) is 7. The Morgan fingerprint density at radius 3 is 2.69 bits per heavy atom. The minimum Gasteiger partial charge on any atom is -0.496 e. The first-order valence-electron chi connectivity index (χ1n) is 14.0.